The molecule has 3 nitrogen and oxygen atoms in total. The molecule has 0 aliphatic carbocycles. The molecule has 1 atom stereocenters. The van der Waals surface area contributed by atoms with Gasteiger partial charge in [-0.25, -0.2) is 0 Å². The summed E-state index contributed by atoms with van der Waals surface area (Å²) in [4.78, 5) is 11.6. The van der Waals surface area contributed by atoms with E-state index in [0.29, 0.717) is 12.5 Å². The summed E-state index contributed by atoms with van der Waals surface area (Å²) >= 11 is 0. The first-order valence-corrected chi connectivity index (χ1v) is 6.25. The molecule has 1 N–H and O–H groups in total. The van der Waals surface area contributed by atoms with Gasteiger partial charge in [-0.2, -0.15) is 0 Å². The van der Waals surface area contributed by atoms with Gasteiger partial charge in [0.2, 0.25) is 0 Å². The molecule has 1 unspecified atom stereocenters. The minimum atomic E-state index is -0.169. The van der Waals surface area contributed by atoms with Crippen LogP contribution in [0.4, 0.5) is 0 Å². The zero-order valence-corrected chi connectivity index (χ0v) is 11.6. The minimum Gasteiger partial charge on any atom is -0.465 e. The van der Waals surface area contributed by atoms with Crippen LogP contribution >= 0.6 is 0 Å². The molecular formula is C13H27NO2. The van der Waals surface area contributed by atoms with E-state index in [2.05, 4.69) is 33.0 Å². The lowest BCUT2D eigenvalue weighted by Crippen LogP contribution is -2.43. The third-order valence-electron chi connectivity index (χ3n) is 3.35. The first-order chi connectivity index (χ1) is 7.35. The maximum absolute atomic E-state index is 11.6. The highest BCUT2D eigenvalue weighted by atomic mass is 16.5. The minimum absolute atomic E-state index is 0.135. The second-order valence-corrected chi connectivity index (χ2v) is 5.24. The lowest BCUT2D eigenvalue weighted by atomic mass is 9.81. The van der Waals surface area contributed by atoms with Crippen LogP contribution < -0.4 is 5.32 Å². The van der Waals surface area contributed by atoms with Gasteiger partial charge >= 0.3 is 5.97 Å². The molecule has 0 amide bonds. The van der Waals surface area contributed by atoms with Crippen LogP contribution in [-0.4, -0.2) is 25.2 Å². The number of nitrogens with one attached hydrogen (secondary N) is 1. The molecule has 0 aliphatic rings. The quantitative estimate of drug-likeness (QED) is 0.682. The van der Waals surface area contributed by atoms with Gasteiger partial charge in [-0.1, -0.05) is 34.6 Å². The van der Waals surface area contributed by atoms with E-state index in [-0.39, 0.29) is 17.4 Å². The summed E-state index contributed by atoms with van der Waals surface area (Å²) < 4.78 is 5.02. The van der Waals surface area contributed by atoms with Crippen LogP contribution in [0.1, 0.15) is 48.0 Å². The van der Waals surface area contributed by atoms with Crippen LogP contribution in [-0.2, 0) is 9.53 Å². The maximum Gasteiger partial charge on any atom is 0.323 e. The van der Waals surface area contributed by atoms with Crippen molar-refractivity contribution in [1.82, 2.24) is 5.32 Å². The fourth-order valence-electron chi connectivity index (χ4n) is 1.23. The fourth-order valence-corrected chi connectivity index (χ4v) is 1.23. The third kappa shape index (κ3) is 4.97. The van der Waals surface area contributed by atoms with Gasteiger partial charge < -0.3 is 10.1 Å². The molecule has 0 radical (unpaired) electrons. The van der Waals surface area contributed by atoms with Crippen molar-refractivity contribution in [2.75, 3.05) is 13.2 Å². The van der Waals surface area contributed by atoms with Crippen molar-refractivity contribution in [3.8, 4) is 0 Å². The zero-order valence-electron chi connectivity index (χ0n) is 11.6. The summed E-state index contributed by atoms with van der Waals surface area (Å²) in [6.45, 7) is 13.9. The SMILES string of the molecule is CCOC(=O)C(CC)NCC(C)(C)C(C)C. The van der Waals surface area contributed by atoms with Crippen molar-refractivity contribution in [3.63, 3.8) is 0 Å². The van der Waals surface area contributed by atoms with E-state index in [1.54, 1.807) is 0 Å². The van der Waals surface area contributed by atoms with Gasteiger partial charge in [0.15, 0.2) is 0 Å². The van der Waals surface area contributed by atoms with Gasteiger partial charge in [0, 0.05) is 6.54 Å². The second-order valence-electron chi connectivity index (χ2n) is 5.24. The highest BCUT2D eigenvalue weighted by molar-refractivity contribution is 5.75. The summed E-state index contributed by atoms with van der Waals surface area (Å²) in [5, 5.41) is 3.30. The Bertz CT molecular complexity index is 212. The second kappa shape index (κ2) is 6.89. The third-order valence-corrected chi connectivity index (χ3v) is 3.35. The number of carbonyl (C=O) groups excluding carboxylic acids is 1. The van der Waals surface area contributed by atoms with Crippen LogP contribution in [0.2, 0.25) is 0 Å². The highest BCUT2D eigenvalue weighted by Crippen LogP contribution is 2.24. The number of ether oxygens (including phenoxy) is 1. The Morgan fingerprint density at radius 1 is 1.31 bits per heavy atom. The Morgan fingerprint density at radius 3 is 2.25 bits per heavy atom. The monoisotopic (exact) mass is 229 g/mol. The van der Waals surface area contributed by atoms with E-state index in [1.807, 2.05) is 13.8 Å². The molecule has 0 aromatic rings. The van der Waals surface area contributed by atoms with Crippen molar-refractivity contribution in [2.45, 2.75) is 54.0 Å². The average molecular weight is 229 g/mol. The molecule has 0 aromatic carbocycles. The molecule has 0 aromatic heterocycles. The standard InChI is InChI=1S/C13H27NO2/c1-7-11(12(15)16-8-2)14-9-13(5,6)10(3)4/h10-11,14H,7-9H2,1-6H3. The van der Waals surface area contributed by atoms with E-state index in [0.717, 1.165) is 13.0 Å². The van der Waals surface area contributed by atoms with Crippen LogP contribution in [0.3, 0.4) is 0 Å². The molecule has 0 saturated heterocycles. The Labute approximate surface area is 99.9 Å². The predicted octanol–water partition coefficient (Wildman–Crippen LogP) is 2.60. The Balaban J connectivity index is 4.19. The van der Waals surface area contributed by atoms with Gasteiger partial charge in [-0.05, 0) is 24.7 Å². The first-order valence-electron chi connectivity index (χ1n) is 6.25. The van der Waals surface area contributed by atoms with Crippen LogP contribution in [0.5, 0.6) is 0 Å². The molecule has 0 bridgehead atoms. The Morgan fingerprint density at radius 2 is 1.88 bits per heavy atom. The average Bonchev–Trinajstić information content (AvgIpc) is 2.18. The lowest BCUT2D eigenvalue weighted by Gasteiger charge is -2.31. The normalized spacial score (nSPS) is 13.9. The molecule has 0 fully saturated rings. The topological polar surface area (TPSA) is 38.3 Å². The van der Waals surface area contributed by atoms with Crippen molar-refractivity contribution >= 4 is 5.97 Å². The molecule has 96 valence electrons. The van der Waals surface area contributed by atoms with E-state index in [9.17, 15) is 4.79 Å². The van der Waals surface area contributed by atoms with E-state index >= 15 is 0 Å². The number of rotatable bonds is 7. The summed E-state index contributed by atoms with van der Waals surface area (Å²) in [5.41, 5.74) is 0.194. The summed E-state index contributed by atoms with van der Waals surface area (Å²) in [6.07, 6.45) is 0.771. The number of esters is 1. The van der Waals surface area contributed by atoms with Crippen molar-refractivity contribution in [3.05, 3.63) is 0 Å². The fraction of sp³-hybridized carbons (Fsp3) is 0.923. The van der Waals surface area contributed by atoms with Gasteiger partial charge in [0.05, 0.1) is 6.61 Å². The molecular weight excluding hydrogens is 202 g/mol. The molecule has 0 heterocycles. The van der Waals surface area contributed by atoms with Crippen molar-refractivity contribution < 1.29 is 9.53 Å². The van der Waals surface area contributed by atoms with Gasteiger partial charge in [0.1, 0.15) is 6.04 Å². The van der Waals surface area contributed by atoms with Gasteiger partial charge in [-0.15, -0.1) is 0 Å². The van der Waals surface area contributed by atoms with Crippen LogP contribution in [0, 0.1) is 11.3 Å². The van der Waals surface area contributed by atoms with Crippen LogP contribution in [0.25, 0.3) is 0 Å². The summed E-state index contributed by atoms with van der Waals surface area (Å²) in [6, 6.07) is -0.169. The first kappa shape index (κ1) is 15.4. The smallest absolute Gasteiger partial charge is 0.323 e. The zero-order chi connectivity index (χ0) is 12.8. The molecule has 0 rings (SSSR count). The van der Waals surface area contributed by atoms with Crippen LogP contribution in [0.15, 0.2) is 0 Å². The number of hydrogen-bond acceptors (Lipinski definition) is 3. The summed E-state index contributed by atoms with van der Waals surface area (Å²) in [5.74, 6) is 0.448. The number of hydrogen-bond donors (Lipinski definition) is 1. The molecule has 0 aliphatic heterocycles. The lowest BCUT2D eigenvalue weighted by molar-refractivity contribution is -0.145. The van der Waals surface area contributed by atoms with Crippen molar-refractivity contribution in [2.24, 2.45) is 11.3 Å². The maximum atomic E-state index is 11.6. The van der Waals surface area contributed by atoms with Gasteiger partial charge in [0.25, 0.3) is 0 Å². The predicted molar refractivity (Wildman–Crippen MR) is 67.3 cm³/mol. The van der Waals surface area contributed by atoms with Gasteiger partial charge in [-0.3, -0.25) is 4.79 Å². The summed E-state index contributed by atoms with van der Waals surface area (Å²) in [7, 11) is 0. The Kier molecular flexibility index (Phi) is 6.65. The molecule has 0 spiro atoms. The van der Waals surface area contributed by atoms with Crippen molar-refractivity contribution in [1.29, 1.82) is 0 Å². The molecule has 16 heavy (non-hydrogen) atoms. The molecule has 0 saturated carbocycles. The van der Waals surface area contributed by atoms with E-state index in [4.69, 9.17) is 4.74 Å². The number of carbonyl (C=O) groups is 1. The van der Waals surface area contributed by atoms with E-state index in [1.165, 1.54) is 0 Å². The highest BCUT2D eigenvalue weighted by Gasteiger charge is 2.25. The Hall–Kier alpha value is -0.570. The largest absolute Gasteiger partial charge is 0.465 e. The van der Waals surface area contributed by atoms with E-state index < -0.39 is 0 Å². The molecule has 3 heteroatoms.